The lowest BCUT2D eigenvalue weighted by molar-refractivity contribution is -0.121. The first-order valence-corrected chi connectivity index (χ1v) is 10.6. The molecule has 1 aliphatic rings. The lowest BCUT2D eigenvalue weighted by Gasteiger charge is -2.12. The van der Waals surface area contributed by atoms with Gasteiger partial charge < -0.3 is 14.6 Å². The van der Waals surface area contributed by atoms with Crippen LogP contribution in [0.3, 0.4) is 0 Å². The van der Waals surface area contributed by atoms with E-state index in [4.69, 9.17) is 9.72 Å². The first-order chi connectivity index (χ1) is 14.1. The zero-order chi connectivity index (χ0) is 20.2. The number of imidazole rings is 1. The minimum absolute atomic E-state index is 0.0910. The molecule has 0 aliphatic carbocycles. The Morgan fingerprint density at radius 3 is 2.93 bits per heavy atom. The van der Waals surface area contributed by atoms with E-state index in [1.807, 2.05) is 12.1 Å². The van der Waals surface area contributed by atoms with E-state index in [0.717, 1.165) is 49.5 Å². The minimum Gasteiger partial charge on any atom is -0.493 e. The number of nitrogens with zero attached hydrogens (tertiary/aromatic N) is 2. The SMILES string of the molecule is CC(C)Cn1c(CCNC(=O)CCc2ccc3c(c2)CCO3)nc2ccccc21. The average Bonchev–Trinajstić information content (AvgIpc) is 3.30. The molecule has 0 saturated carbocycles. The molecule has 152 valence electrons. The number of ether oxygens (including phenoxy) is 1. The van der Waals surface area contributed by atoms with Gasteiger partial charge in [0.2, 0.25) is 5.91 Å². The van der Waals surface area contributed by atoms with Gasteiger partial charge in [0.25, 0.3) is 0 Å². The fraction of sp³-hybridized carbons (Fsp3) is 0.417. The smallest absolute Gasteiger partial charge is 0.220 e. The van der Waals surface area contributed by atoms with Crippen LogP contribution < -0.4 is 10.1 Å². The maximum Gasteiger partial charge on any atom is 0.220 e. The Hall–Kier alpha value is -2.82. The maximum absolute atomic E-state index is 12.3. The van der Waals surface area contributed by atoms with Crippen LogP contribution in [0.25, 0.3) is 11.0 Å². The van der Waals surface area contributed by atoms with Crippen molar-refractivity contribution in [3.63, 3.8) is 0 Å². The fourth-order valence-electron chi connectivity index (χ4n) is 3.94. The van der Waals surface area contributed by atoms with E-state index in [0.29, 0.717) is 18.9 Å². The van der Waals surface area contributed by atoms with E-state index in [-0.39, 0.29) is 5.91 Å². The summed E-state index contributed by atoms with van der Waals surface area (Å²) in [5.41, 5.74) is 4.65. The van der Waals surface area contributed by atoms with E-state index < -0.39 is 0 Å². The number of nitrogens with one attached hydrogen (secondary N) is 1. The largest absolute Gasteiger partial charge is 0.493 e. The highest BCUT2D eigenvalue weighted by Crippen LogP contribution is 2.26. The Labute approximate surface area is 172 Å². The normalized spacial score (nSPS) is 12.9. The molecule has 1 aromatic heterocycles. The van der Waals surface area contributed by atoms with Crippen molar-refractivity contribution < 1.29 is 9.53 Å². The van der Waals surface area contributed by atoms with Crippen molar-refractivity contribution in [2.24, 2.45) is 5.92 Å². The number of hydrogen-bond acceptors (Lipinski definition) is 3. The van der Waals surface area contributed by atoms with Gasteiger partial charge in [-0.05, 0) is 41.7 Å². The van der Waals surface area contributed by atoms with Crippen LogP contribution in [0, 0.1) is 5.92 Å². The second-order valence-corrected chi connectivity index (χ2v) is 8.16. The van der Waals surface area contributed by atoms with Crippen molar-refractivity contribution in [1.82, 2.24) is 14.9 Å². The minimum atomic E-state index is 0.0910. The Morgan fingerprint density at radius 2 is 2.07 bits per heavy atom. The van der Waals surface area contributed by atoms with Crippen molar-refractivity contribution >= 4 is 16.9 Å². The summed E-state index contributed by atoms with van der Waals surface area (Å²) in [6.07, 6.45) is 2.96. The zero-order valence-corrected chi connectivity index (χ0v) is 17.3. The summed E-state index contributed by atoms with van der Waals surface area (Å²) in [6, 6.07) is 14.5. The van der Waals surface area contributed by atoms with Gasteiger partial charge >= 0.3 is 0 Å². The number of aromatic nitrogens is 2. The third-order valence-corrected chi connectivity index (χ3v) is 5.35. The monoisotopic (exact) mass is 391 g/mol. The van der Waals surface area contributed by atoms with Crippen LogP contribution in [0.2, 0.25) is 0 Å². The van der Waals surface area contributed by atoms with Crippen molar-refractivity contribution in [3.05, 3.63) is 59.4 Å². The van der Waals surface area contributed by atoms with Crippen LogP contribution in [0.4, 0.5) is 0 Å². The fourth-order valence-corrected chi connectivity index (χ4v) is 3.94. The number of para-hydroxylation sites is 2. The summed E-state index contributed by atoms with van der Waals surface area (Å²) in [6.45, 7) is 6.74. The lowest BCUT2D eigenvalue weighted by atomic mass is 10.0. The van der Waals surface area contributed by atoms with Crippen molar-refractivity contribution in [3.8, 4) is 5.75 Å². The van der Waals surface area contributed by atoms with Gasteiger partial charge in [-0.25, -0.2) is 4.98 Å². The number of aryl methyl sites for hydroxylation is 1. The molecule has 0 fully saturated rings. The highest BCUT2D eigenvalue weighted by molar-refractivity contribution is 5.77. The third kappa shape index (κ3) is 4.61. The molecular formula is C24H29N3O2. The number of benzene rings is 2. The molecule has 29 heavy (non-hydrogen) atoms. The van der Waals surface area contributed by atoms with Gasteiger partial charge in [-0.15, -0.1) is 0 Å². The van der Waals surface area contributed by atoms with Crippen molar-refractivity contribution in [1.29, 1.82) is 0 Å². The molecule has 1 aliphatic heterocycles. The standard InChI is InChI=1S/C24H29N3O2/c1-17(2)16-27-21-6-4-3-5-20(21)26-23(27)11-13-25-24(28)10-8-18-7-9-22-19(15-18)12-14-29-22/h3-7,9,15,17H,8,10-14,16H2,1-2H3,(H,25,28). The summed E-state index contributed by atoms with van der Waals surface area (Å²) in [5.74, 6) is 2.66. The maximum atomic E-state index is 12.3. The van der Waals surface area contributed by atoms with Gasteiger partial charge in [0.1, 0.15) is 11.6 Å². The Kier molecular flexibility index (Phi) is 5.84. The highest BCUT2D eigenvalue weighted by Gasteiger charge is 2.14. The Morgan fingerprint density at radius 1 is 1.21 bits per heavy atom. The first-order valence-electron chi connectivity index (χ1n) is 10.6. The first kappa shape index (κ1) is 19.5. The van der Waals surface area contributed by atoms with E-state index in [1.165, 1.54) is 16.6 Å². The molecule has 1 amide bonds. The van der Waals surface area contributed by atoms with E-state index in [1.54, 1.807) is 0 Å². The molecule has 1 N–H and O–H groups in total. The zero-order valence-electron chi connectivity index (χ0n) is 17.3. The molecule has 0 unspecified atom stereocenters. The van der Waals surface area contributed by atoms with Crippen LogP contribution >= 0.6 is 0 Å². The van der Waals surface area contributed by atoms with Crippen LogP contribution in [0.15, 0.2) is 42.5 Å². The molecule has 5 nitrogen and oxygen atoms in total. The van der Waals surface area contributed by atoms with Gasteiger partial charge in [0.05, 0.1) is 17.6 Å². The summed E-state index contributed by atoms with van der Waals surface area (Å²) >= 11 is 0. The molecule has 2 heterocycles. The molecular weight excluding hydrogens is 362 g/mol. The third-order valence-electron chi connectivity index (χ3n) is 5.35. The molecule has 0 atom stereocenters. The van der Waals surface area contributed by atoms with E-state index >= 15 is 0 Å². The summed E-state index contributed by atoms with van der Waals surface area (Å²) in [5, 5.41) is 3.06. The van der Waals surface area contributed by atoms with Gasteiger partial charge in [-0.1, -0.05) is 38.1 Å². The average molecular weight is 392 g/mol. The highest BCUT2D eigenvalue weighted by atomic mass is 16.5. The van der Waals surface area contributed by atoms with Crippen LogP contribution in [-0.2, 0) is 30.6 Å². The Balaban J connectivity index is 1.31. The predicted molar refractivity (Wildman–Crippen MR) is 115 cm³/mol. The van der Waals surface area contributed by atoms with Gasteiger partial charge in [0, 0.05) is 32.4 Å². The molecule has 3 aromatic rings. The number of carbonyl (C=O) groups is 1. The molecule has 5 heteroatoms. The van der Waals surface area contributed by atoms with E-state index in [2.05, 4.69) is 54.1 Å². The molecule has 0 radical (unpaired) electrons. The van der Waals surface area contributed by atoms with Crippen LogP contribution in [0.1, 0.15) is 37.2 Å². The van der Waals surface area contributed by atoms with Gasteiger partial charge in [-0.2, -0.15) is 0 Å². The number of rotatable bonds is 8. The second kappa shape index (κ2) is 8.68. The predicted octanol–water partition coefficient (Wildman–Crippen LogP) is 3.92. The topological polar surface area (TPSA) is 56.2 Å². The van der Waals surface area contributed by atoms with E-state index in [9.17, 15) is 4.79 Å². The molecule has 4 rings (SSSR count). The number of amides is 1. The molecule has 2 aromatic carbocycles. The second-order valence-electron chi connectivity index (χ2n) is 8.16. The van der Waals surface area contributed by atoms with Crippen LogP contribution in [0.5, 0.6) is 5.75 Å². The van der Waals surface area contributed by atoms with Crippen molar-refractivity contribution in [2.75, 3.05) is 13.2 Å². The van der Waals surface area contributed by atoms with Gasteiger partial charge in [-0.3, -0.25) is 4.79 Å². The number of hydrogen-bond donors (Lipinski definition) is 1. The summed E-state index contributed by atoms with van der Waals surface area (Å²) < 4.78 is 7.83. The van der Waals surface area contributed by atoms with Crippen LogP contribution in [-0.4, -0.2) is 28.6 Å². The summed E-state index contributed by atoms with van der Waals surface area (Å²) in [7, 11) is 0. The van der Waals surface area contributed by atoms with Crippen molar-refractivity contribution in [2.45, 2.75) is 46.1 Å². The number of carbonyl (C=O) groups excluding carboxylic acids is 1. The van der Waals surface area contributed by atoms with Gasteiger partial charge in [0.15, 0.2) is 0 Å². The molecule has 0 spiro atoms. The lowest BCUT2D eigenvalue weighted by Crippen LogP contribution is -2.26. The number of fused-ring (bicyclic) bond motifs is 2. The quantitative estimate of drug-likeness (QED) is 0.633. The summed E-state index contributed by atoms with van der Waals surface area (Å²) in [4.78, 5) is 17.1. The Bertz CT molecular complexity index is 1010. The molecule has 0 saturated heterocycles. The molecule has 0 bridgehead atoms.